The first-order chi connectivity index (χ1) is 7.23. The van der Waals surface area contributed by atoms with Crippen LogP contribution in [0.25, 0.3) is 0 Å². The molecular weight excluding hydrogens is 198 g/mol. The topological polar surface area (TPSA) is 43.8 Å². The van der Waals surface area contributed by atoms with Gasteiger partial charge in [-0.1, -0.05) is 13.8 Å². The van der Waals surface area contributed by atoms with Crippen LogP contribution in [0.1, 0.15) is 58.7 Å². The third kappa shape index (κ3) is 2.85. The first kappa shape index (κ1) is 13.2. The second kappa shape index (κ2) is 4.58. The number of nitrogens with zero attached hydrogens (tertiary/aromatic N) is 2. The van der Waals surface area contributed by atoms with Crippen molar-refractivity contribution in [3.8, 4) is 0 Å². The highest BCUT2D eigenvalue weighted by atomic mass is 15.3. The lowest BCUT2D eigenvalue weighted by atomic mass is 9.99. The van der Waals surface area contributed by atoms with Crippen molar-refractivity contribution < 1.29 is 0 Å². The van der Waals surface area contributed by atoms with Crippen LogP contribution in [0.4, 0.5) is 0 Å². The molecule has 0 aliphatic rings. The van der Waals surface area contributed by atoms with E-state index in [1.54, 1.807) is 0 Å². The number of nitrogens with two attached hydrogens (primary N) is 1. The summed E-state index contributed by atoms with van der Waals surface area (Å²) in [4.78, 5) is 0. The van der Waals surface area contributed by atoms with Crippen molar-refractivity contribution in [2.75, 3.05) is 0 Å². The maximum absolute atomic E-state index is 5.87. The molecule has 0 spiro atoms. The fraction of sp³-hybridized carbons (Fsp3) is 0.769. The molecule has 1 unspecified atom stereocenters. The SMILES string of the molecule is CC(N)Cc1cnn(C(C)(C)C)c1C(C)C. The minimum atomic E-state index is 0.0374. The van der Waals surface area contributed by atoms with E-state index in [2.05, 4.69) is 44.4 Å². The van der Waals surface area contributed by atoms with Gasteiger partial charge in [0.1, 0.15) is 0 Å². The van der Waals surface area contributed by atoms with E-state index >= 15 is 0 Å². The van der Waals surface area contributed by atoms with E-state index in [-0.39, 0.29) is 11.6 Å². The van der Waals surface area contributed by atoms with Crippen molar-refractivity contribution in [2.24, 2.45) is 5.73 Å². The van der Waals surface area contributed by atoms with Crippen molar-refractivity contribution in [2.45, 2.75) is 65.5 Å². The second-order valence-corrected chi connectivity index (χ2v) is 5.97. The Labute approximate surface area is 99.0 Å². The maximum atomic E-state index is 5.87. The molecule has 0 aromatic carbocycles. The molecule has 3 nitrogen and oxygen atoms in total. The summed E-state index contributed by atoms with van der Waals surface area (Å²) in [6, 6.07) is 0.190. The van der Waals surface area contributed by atoms with Crippen LogP contribution >= 0.6 is 0 Å². The Morgan fingerprint density at radius 1 is 1.31 bits per heavy atom. The smallest absolute Gasteiger partial charge is 0.0546 e. The predicted molar refractivity (Wildman–Crippen MR) is 68.7 cm³/mol. The van der Waals surface area contributed by atoms with Gasteiger partial charge in [0.15, 0.2) is 0 Å². The minimum absolute atomic E-state index is 0.0374. The zero-order valence-corrected chi connectivity index (χ0v) is 11.4. The Morgan fingerprint density at radius 3 is 2.25 bits per heavy atom. The van der Waals surface area contributed by atoms with Crippen molar-refractivity contribution in [1.82, 2.24) is 9.78 Å². The molecule has 0 radical (unpaired) electrons. The van der Waals surface area contributed by atoms with Crippen LogP contribution in [0.3, 0.4) is 0 Å². The van der Waals surface area contributed by atoms with Crippen LogP contribution in [0, 0.1) is 0 Å². The number of hydrogen-bond acceptors (Lipinski definition) is 2. The fourth-order valence-corrected chi connectivity index (χ4v) is 2.05. The number of aromatic nitrogens is 2. The van der Waals surface area contributed by atoms with Gasteiger partial charge in [0.25, 0.3) is 0 Å². The maximum Gasteiger partial charge on any atom is 0.0546 e. The van der Waals surface area contributed by atoms with Gasteiger partial charge in [-0.15, -0.1) is 0 Å². The van der Waals surface area contributed by atoms with Crippen LogP contribution in [0.5, 0.6) is 0 Å². The van der Waals surface area contributed by atoms with Gasteiger partial charge in [-0.05, 0) is 45.6 Å². The number of hydrogen-bond donors (Lipinski definition) is 1. The van der Waals surface area contributed by atoms with E-state index in [0.717, 1.165) is 6.42 Å². The average Bonchev–Trinajstić information content (AvgIpc) is 2.45. The molecule has 0 amide bonds. The van der Waals surface area contributed by atoms with Crippen molar-refractivity contribution >= 4 is 0 Å². The molecule has 1 aromatic rings. The van der Waals surface area contributed by atoms with Crippen LogP contribution in [0.15, 0.2) is 6.20 Å². The van der Waals surface area contributed by atoms with Gasteiger partial charge in [-0.3, -0.25) is 4.68 Å². The molecule has 1 heterocycles. The van der Waals surface area contributed by atoms with Crippen LogP contribution in [0.2, 0.25) is 0 Å². The summed E-state index contributed by atoms with van der Waals surface area (Å²) in [5.74, 6) is 0.482. The van der Waals surface area contributed by atoms with Crippen LogP contribution in [-0.2, 0) is 12.0 Å². The van der Waals surface area contributed by atoms with E-state index in [1.807, 2.05) is 13.1 Å². The largest absolute Gasteiger partial charge is 0.328 e. The molecule has 0 bridgehead atoms. The molecule has 0 aliphatic heterocycles. The summed E-state index contributed by atoms with van der Waals surface area (Å²) in [5, 5.41) is 4.52. The van der Waals surface area contributed by atoms with E-state index in [4.69, 9.17) is 5.73 Å². The molecular formula is C13H25N3. The quantitative estimate of drug-likeness (QED) is 0.856. The highest BCUT2D eigenvalue weighted by Crippen LogP contribution is 2.26. The van der Waals surface area contributed by atoms with E-state index in [0.29, 0.717) is 5.92 Å². The number of rotatable bonds is 3. The van der Waals surface area contributed by atoms with Crippen molar-refractivity contribution in [3.05, 3.63) is 17.5 Å². The normalized spacial score (nSPS) is 14.5. The first-order valence-corrected chi connectivity index (χ1v) is 6.06. The van der Waals surface area contributed by atoms with Crippen LogP contribution < -0.4 is 5.73 Å². The summed E-state index contributed by atoms with van der Waals surface area (Å²) in [6.07, 6.45) is 2.88. The third-order valence-electron chi connectivity index (χ3n) is 2.61. The van der Waals surface area contributed by atoms with E-state index in [9.17, 15) is 0 Å². The molecule has 0 fully saturated rings. The summed E-state index contributed by atoms with van der Waals surface area (Å²) < 4.78 is 2.13. The molecule has 2 N–H and O–H groups in total. The molecule has 3 heteroatoms. The Kier molecular flexibility index (Phi) is 3.79. The Bertz CT molecular complexity index is 343. The highest BCUT2D eigenvalue weighted by molar-refractivity contribution is 5.23. The first-order valence-electron chi connectivity index (χ1n) is 6.06. The Balaban J connectivity index is 3.17. The Hall–Kier alpha value is -0.830. The predicted octanol–water partition coefficient (Wildman–Crippen LogP) is 2.65. The Morgan fingerprint density at radius 2 is 1.88 bits per heavy atom. The zero-order chi connectivity index (χ0) is 12.5. The van der Waals surface area contributed by atoms with Crippen LogP contribution in [-0.4, -0.2) is 15.8 Å². The standard InChI is InChI=1S/C13H25N3/c1-9(2)12-11(7-10(3)14)8-15-16(12)13(4,5)6/h8-10H,7,14H2,1-6H3. The monoisotopic (exact) mass is 223 g/mol. The molecule has 1 atom stereocenters. The minimum Gasteiger partial charge on any atom is -0.328 e. The van der Waals surface area contributed by atoms with Gasteiger partial charge in [-0.25, -0.2) is 0 Å². The van der Waals surface area contributed by atoms with Gasteiger partial charge >= 0.3 is 0 Å². The highest BCUT2D eigenvalue weighted by Gasteiger charge is 2.22. The molecule has 0 aliphatic carbocycles. The summed E-state index contributed by atoms with van der Waals surface area (Å²) >= 11 is 0. The van der Waals surface area contributed by atoms with Crippen molar-refractivity contribution in [3.63, 3.8) is 0 Å². The summed E-state index contributed by atoms with van der Waals surface area (Å²) in [6.45, 7) is 13.0. The second-order valence-electron chi connectivity index (χ2n) is 5.97. The average molecular weight is 223 g/mol. The third-order valence-corrected chi connectivity index (χ3v) is 2.61. The van der Waals surface area contributed by atoms with E-state index in [1.165, 1.54) is 11.3 Å². The van der Waals surface area contributed by atoms with Gasteiger partial charge in [0.05, 0.1) is 11.7 Å². The molecule has 92 valence electrons. The fourth-order valence-electron chi connectivity index (χ4n) is 2.05. The molecule has 16 heavy (non-hydrogen) atoms. The molecule has 1 aromatic heterocycles. The van der Waals surface area contributed by atoms with Gasteiger partial charge in [0.2, 0.25) is 0 Å². The van der Waals surface area contributed by atoms with Crippen molar-refractivity contribution in [1.29, 1.82) is 0 Å². The van der Waals surface area contributed by atoms with Gasteiger partial charge in [-0.2, -0.15) is 5.10 Å². The molecule has 0 saturated heterocycles. The molecule has 1 rings (SSSR count). The van der Waals surface area contributed by atoms with E-state index < -0.39 is 0 Å². The lowest BCUT2D eigenvalue weighted by Gasteiger charge is -2.25. The summed E-state index contributed by atoms with van der Waals surface area (Å²) in [5.41, 5.74) is 8.53. The van der Waals surface area contributed by atoms with Gasteiger partial charge < -0.3 is 5.73 Å². The summed E-state index contributed by atoms with van der Waals surface area (Å²) in [7, 11) is 0. The zero-order valence-electron chi connectivity index (χ0n) is 11.4. The lowest BCUT2D eigenvalue weighted by molar-refractivity contribution is 0.338. The lowest BCUT2D eigenvalue weighted by Crippen LogP contribution is -2.26. The van der Waals surface area contributed by atoms with Gasteiger partial charge in [0, 0.05) is 11.7 Å². The molecule has 0 saturated carbocycles.